The Labute approximate surface area is 170 Å². The lowest BCUT2D eigenvalue weighted by molar-refractivity contribution is -0.123. The molecular weight excluding hydrogens is 371 g/mol. The summed E-state index contributed by atoms with van der Waals surface area (Å²) < 4.78 is 0. The van der Waals surface area contributed by atoms with Gasteiger partial charge in [0, 0.05) is 51.4 Å². The van der Waals surface area contributed by atoms with Crippen LogP contribution in [0.4, 0.5) is 5.69 Å². The largest absolute Gasteiger partial charge is 0.369 e. The van der Waals surface area contributed by atoms with Crippen LogP contribution < -0.4 is 16.0 Å². The van der Waals surface area contributed by atoms with E-state index in [1.807, 2.05) is 13.0 Å². The summed E-state index contributed by atoms with van der Waals surface area (Å²) >= 11 is 0. The first-order valence-electron chi connectivity index (χ1n) is 8.98. The minimum atomic E-state index is -0.316. The van der Waals surface area contributed by atoms with Crippen LogP contribution in [0, 0.1) is 5.92 Å². The number of halogens is 2. The number of para-hydroxylation sites is 1. The molecule has 0 aromatic heterocycles. The van der Waals surface area contributed by atoms with Gasteiger partial charge in [-0.2, -0.15) is 0 Å². The van der Waals surface area contributed by atoms with Gasteiger partial charge in [0.1, 0.15) is 0 Å². The molecule has 7 heteroatoms. The third kappa shape index (κ3) is 6.95. The van der Waals surface area contributed by atoms with Crippen molar-refractivity contribution in [1.29, 1.82) is 0 Å². The first-order chi connectivity index (χ1) is 11.4. The Morgan fingerprint density at radius 3 is 2.23 bits per heavy atom. The van der Waals surface area contributed by atoms with Gasteiger partial charge in [-0.05, 0) is 25.0 Å². The van der Waals surface area contributed by atoms with Gasteiger partial charge in [0.25, 0.3) is 0 Å². The van der Waals surface area contributed by atoms with E-state index >= 15 is 0 Å². The third-order valence-electron chi connectivity index (χ3n) is 5.27. The van der Waals surface area contributed by atoms with Crippen molar-refractivity contribution < 1.29 is 4.79 Å². The van der Waals surface area contributed by atoms with E-state index < -0.39 is 0 Å². The van der Waals surface area contributed by atoms with Gasteiger partial charge in [-0.3, -0.25) is 9.69 Å². The van der Waals surface area contributed by atoms with Crippen LogP contribution in [-0.2, 0) is 4.79 Å². The molecular formula is C19H34Cl2N4O. The summed E-state index contributed by atoms with van der Waals surface area (Å²) in [6.07, 6.45) is 0.535. The van der Waals surface area contributed by atoms with Crippen LogP contribution in [0.15, 0.2) is 30.3 Å². The first kappa shape index (κ1) is 25.0. The molecule has 1 unspecified atom stereocenters. The zero-order valence-electron chi connectivity index (χ0n) is 16.1. The number of benzene rings is 1. The highest BCUT2D eigenvalue weighted by atomic mass is 35.5. The molecule has 5 nitrogen and oxygen atoms in total. The molecule has 0 bridgehead atoms. The summed E-state index contributed by atoms with van der Waals surface area (Å²) in [4.78, 5) is 17.0. The highest BCUT2D eigenvalue weighted by Crippen LogP contribution is 2.16. The summed E-state index contributed by atoms with van der Waals surface area (Å²) in [5, 5.41) is 3.12. The number of hydrogen-bond acceptors (Lipinski definition) is 4. The first-order valence-corrected chi connectivity index (χ1v) is 8.98. The third-order valence-corrected chi connectivity index (χ3v) is 5.27. The van der Waals surface area contributed by atoms with Crippen molar-refractivity contribution in [2.45, 2.75) is 32.7 Å². The summed E-state index contributed by atoms with van der Waals surface area (Å²) in [5.74, 6) is 0.419. The minimum absolute atomic E-state index is 0. The number of hydrogen-bond donors (Lipinski definition) is 2. The molecule has 150 valence electrons. The lowest BCUT2D eigenvalue weighted by Crippen LogP contribution is -2.55. The SMILES string of the molecule is CC(C)C(C)(CN)NC(=O)CCN1CCN(c2ccccc2)CC1.Cl.Cl. The molecule has 1 aliphatic heterocycles. The van der Waals surface area contributed by atoms with Gasteiger partial charge in [-0.1, -0.05) is 32.0 Å². The number of piperazine rings is 1. The normalized spacial score (nSPS) is 17.0. The van der Waals surface area contributed by atoms with E-state index in [9.17, 15) is 4.79 Å². The number of carbonyl (C=O) groups excluding carboxylic acids is 1. The maximum Gasteiger partial charge on any atom is 0.221 e. The van der Waals surface area contributed by atoms with Crippen LogP contribution in [0.25, 0.3) is 0 Å². The summed E-state index contributed by atoms with van der Waals surface area (Å²) in [7, 11) is 0. The molecule has 0 radical (unpaired) electrons. The van der Waals surface area contributed by atoms with Gasteiger partial charge in [-0.25, -0.2) is 0 Å². The van der Waals surface area contributed by atoms with E-state index in [2.05, 4.69) is 53.2 Å². The van der Waals surface area contributed by atoms with Crippen molar-refractivity contribution in [2.75, 3.05) is 44.2 Å². The van der Waals surface area contributed by atoms with Crippen LogP contribution in [0.2, 0.25) is 0 Å². The van der Waals surface area contributed by atoms with Gasteiger partial charge in [0.05, 0.1) is 5.54 Å². The topological polar surface area (TPSA) is 61.6 Å². The zero-order valence-corrected chi connectivity index (χ0v) is 17.7. The van der Waals surface area contributed by atoms with Crippen molar-refractivity contribution in [3.8, 4) is 0 Å². The second kappa shape index (κ2) is 11.7. The molecule has 0 spiro atoms. The molecule has 1 fully saturated rings. The van der Waals surface area contributed by atoms with Crippen molar-refractivity contribution in [2.24, 2.45) is 11.7 Å². The van der Waals surface area contributed by atoms with Crippen molar-refractivity contribution in [3.63, 3.8) is 0 Å². The van der Waals surface area contributed by atoms with Crippen LogP contribution >= 0.6 is 24.8 Å². The molecule has 1 atom stereocenters. The van der Waals surface area contributed by atoms with Crippen molar-refractivity contribution >= 4 is 36.4 Å². The Bertz CT molecular complexity index is 522. The van der Waals surface area contributed by atoms with Gasteiger partial charge >= 0.3 is 0 Å². The molecule has 1 aliphatic rings. The molecule has 26 heavy (non-hydrogen) atoms. The summed E-state index contributed by atoms with van der Waals surface area (Å²) in [6.45, 7) is 11.5. The number of nitrogens with two attached hydrogens (primary N) is 1. The monoisotopic (exact) mass is 404 g/mol. The van der Waals surface area contributed by atoms with Crippen LogP contribution in [0.1, 0.15) is 27.2 Å². The second-order valence-corrected chi connectivity index (χ2v) is 7.24. The van der Waals surface area contributed by atoms with Crippen LogP contribution in [0.5, 0.6) is 0 Å². The molecule has 3 N–H and O–H groups in total. The maximum absolute atomic E-state index is 12.2. The van der Waals surface area contributed by atoms with Gasteiger partial charge < -0.3 is 16.0 Å². The van der Waals surface area contributed by atoms with E-state index in [0.29, 0.717) is 18.9 Å². The minimum Gasteiger partial charge on any atom is -0.369 e. The summed E-state index contributed by atoms with van der Waals surface area (Å²) in [6, 6.07) is 10.5. The van der Waals surface area contributed by atoms with Crippen LogP contribution in [0.3, 0.4) is 0 Å². The number of rotatable bonds is 7. The van der Waals surface area contributed by atoms with Crippen molar-refractivity contribution in [3.05, 3.63) is 30.3 Å². The fraction of sp³-hybridized carbons (Fsp3) is 0.632. The highest BCUT2D eigenvalue weighted by Gasteiger charge is 2.28. The van der Waals surface area contributed by atoms with Gasteiger partial charge in [-0.15, -0.1) is 24.8 Å². The molecule has 1 saturated heterocycles. The lowest BCUT2D eigenvalue weighted by Gasteiger charge is -2.37. The molecule has 1 aromatic carbocycles. The average molecular weight is 405 g/mol. The lowest BCUT2D eigenvalue weighted by atomic mass is 9.88. The fourth-order valence-electron chi connectivity index (χ4n) is 2.94. The molecule has 1 amide bonds. The van der Waals surface area contributed by atoms with E-state index in [1.54, 1.807) is 0 Å². The van der Waals surface area contributed by atoms with Gasteiger partial charge in [0.15, 0.2) is 0 Å². The van der Waals surface area contributed by atoms with E-state index in [4.69, 9.17) is 5.73 Å². The maximum atomic E-state index is 12.2. The zero-order chi connectivity index (χ0) is 17.6. The Morgan fingerprint density at radius 1 is 1.15 bits per heavy atom. The fourth-order valence-corrected chi connectivity index (χ4v) is 2.94. The summed E-state index contributed by atoms with van der Waals surface area (Å²) in [5.41, 5.74) is 6.80. The Hall–Kier alpha value is -1.01. The Kier molecular flexibility index (Phi) is 11.2. The number of nitrogens with one attached hydrogen (secondary N) is 1. The standard InChI is InChI=1S/C19H32N4O.2ClH/c1-16(2)19(3,15-20)21-18(24)9-10-22-11-13-23(14-12-22)17-7-5-4-6-8-17;;/h4-8,16H,9-15,20H2,1-3H3,(H,21,24);2*1H. The predicted octanol–water partition coefficient (Wildman–Crippen LogP) is 2.53. The number of amides is 1. The Morgan fingerprint density at radius 2 is 1.73 bits per heavy atom. The smallest absolute Gasteiger partial charge is 0.221 e. The Balaban J connectivity index is 0.00000312. The van der Waals surface area contributed by atoms with Crippen LogP contribution in [-0.4, -0.2) is 55.6 Å². The predicted molar refractivity (Wildman–Crippen MR) is 115 cm³/mol. The average Bonchev–Trinajstić information content (AvgIpc) is 2.61. The molecule has 2 rings (SSSR count). The van der Waals surface area contributed by atoms with Gasteiger partial charge in [0.2, 0.25) is 5.91 Å². The number of carbonyl (C=O) groups is 1. The van der Waals surface area contributed by atoms with E-state index in [0.717, 1.165) is 32.7 Å². The van der Waals surface area contributed by atoms with Crippen molar-refractivity contribution in [1.82, 2.24) is 10.2 Å². The highest BCUT2D eigenvalue weighted by molar-refractivity contribution is 5.85. The number of nitrogens with zero attached hydrogens (tertiary/aromatic N) is 2. The molecule has 0 saturated carbocycles. The molecule has 1 heterocycles. The van der Waals surface area contributed by atoms with E-state index in [-0.39, 0.29) is 36.3 Å². The quantitative estimate of drug-likeness (QED) is 0.732. The second-order valence-electron chi connectivity index (χ2n) is 7.24. The molecule has 1 aromatic rings. The number of anilines is 1. The molecule has 0 aliphatic carbocycles. The van der Waals surface area contributed by atoms with E-state index in [1.165, 1.54) is 5.69 Å².